The average Bonchev–Trinajstić information content (AvgIpc) is 2.41. The Labute approximate surface area is 125 Å². The molecule has 2 N–H and O–H groups in total. The predicted molar refractivity (Wildman–Crippen MR) is 81.5 cm³/mol. The largest absolute Gasteiger partial charge is 0.462 e. The number of rotatable bonds is 4. The van der Waals surface area contributed by atoms with Gasteiger partial charge in [-0.2, -0.15) is 0 Å². The van der Waals surface area contributed by atoms with E-state index in [0.717, 1.165) is 18.4 Å². The number of sulfone groups is 1. The summed E-state index contributed by atoms with van der Waals surface area (Å²) >= 11 is 0. The molecule has 2 rings (SSSR count). The molecule has 5 nitrogen and oxygen atoms in total. The van der Waals surface area contributed by atoms with Gasteiger partial charge in [0, 0.05) is 18.4 Å². The maximum Gasteiger partial charge on any atom is 0.310 e. The lowest BCUT2D eigenvalue weighted by atomic mass is 9.97. The molecule has 0 aliphatic heterocycles. The molecule has 1 aliphatic rings. The average molecular weight is 311 g/mol. The fourth-order valence-electron chi connectivity index (χ4n) is 2.68. The number of esters is 1. The maximum atomic E-state index is 12.0. The molecule has 0 radical (unpaired) electrons. The van der Waals surface area contributed by atoms with Gasteiger partial charge in [0.2, 0.25) is 0 Å². The second kappa shape index (κ2) is 6.47. The minimum absolute atomic E-state index is 0.118. The molecule has 1 fully saturated rings. The topological polar surface area (TPSA) is 86.5 Å². The molecule has 1 aromatic carbocycles. The summed E-state index contributed by atoms with van der Waals surface area (Å²) in [5.41, 5.74) is 7.09. The normalized spacial score (nSPS) is 22.7. The van der Waals surface area contributed by atoms with Crippen LogP contribution < -0.4 is 5.73 Å². The van der Waals surface area contributed by atoms with Crippen LogP contribution in [0.5, 0.6) is 0 Å². The number of nitrogen functional groups attached to an aromatic ring is 1. The first-order chi connectivity index (χ1) is 9.86. The monoisotopic (exact) mass is 311 g/mol. The molecular weight excluding hydrogens is 290 g/mol. The van der Waals surface area contributed by atoms with Crippen LogP contribution in [0.15, 0.2) is 24.3 Å². The van der Waals surface area contributed by atoms with Crippen molar-refractivity contribution < 1.29 is 17.9 Å². The Hall–Kier alpha value is -1.56. The number of anilines is 1. The molecular formula is C15H21NO4S. The minimum Gasteiger partial charge on any atom is -0.462 e. The van der Waals surface area contributed by atoms with E-state index in [1.807, 2.05) is 12.1 Å². The fourth-order valence-corrected chi connectivity index (χ4v) is 3.84. The maximum absolute atomic E-state index is 12.0. The number of nitrogens with two attached hydrogens (primary N) is 1. The smallest absolute Gasteiger partial charge is 0.310 e. The molecule has 0 bridgehead atoms. The van der Waals surface area contributed by atoms with Gasteiger partial charge in [0.15, 0.2) is 0 Å². The zero-order valence-electron chi connectivity index (χ0n) is 12.1. The van der Waals surface area contributed by atoms with Gasteiger partial charge < -0.3 is 10.5 Å². The van der Waals surface area contributed by atoms with E-state index in [9.17, 15) is 13.2 Å². The van der Waals surface area contributed by atoms with Crippen molar-refractivity contribution in [3.8, 4) is 0 Å². The van der Waals surface area contributed by atoms with E-state index >= 15 is 0 Å². The number of benzene rings is 1. The van der Waals surface area contributed by atoms with Crippen LogP contribution in [-0.2, 0) is 25.8 Å². The van der Waals surface area contributed by atoms with Crippen molar-refractivity contribution in [3.63, 3.8) is 0 Å². The van der Waals surface area contributed by atoms with Crippen LogP contribution in [0.25, 0.3) is 0 Å². The van der Waals surface area contributed by atoms with Crippen molar-refractivity contribution in [3.05, 3.63) is 29.8 Å². The van der Waals surface area contributed by atoms with Crippen molar-refractivity contribution >= 4 is 21.5 Å². The molecule has 116 valence electrons. The van der Waals surface area contributed by atoms with Gasteiger partial charge >= 0.3 is 5.97 Å². The Kier molecular flexibility index (Phi) is 4.88. The first-order valence-corrected chi connectivity index (χ1v) is 9.03. The summed E-state index contributed by atoms with van der Waals surface area (Å²) in [7, 11) is -3.07. The van der Waals surface area contributed by atoms with Gasteiger partial charge in [0.1, 0.15) is 15.9 Å². The quantitative estimate of drug-likeness (QED) is 0.675. The van der Waals surface area contributed by atoms with Crippen LogP contribution in [0.2, 0.25) is 0 Å². The third-order valence-corrected chi connectivity index (χ3v) is 5.51. The molecule has 1 aromatic rings. The van der Waals surface area contributed by atoms with Crippen molar-refractivity contribution in [2.24, 2.45) is 0 Å². The van der Waals surface area contributed by atoms with Gasteiger partial charge in [-0.15, -0.1) is 0 Å². The Balaban J connectivity index is 1.92. The number of hydrogen-bond donors (Lipinski definition) is 1. The standard InChI is InChI=1S/C15H21NO4S/c1-21(18,19)13-7-4-6-12(10-13)20-15(17)9-11-5-2-3-8-14(11)16/h2-3,5,8,12-13H,4,6-7,9-10,16H2,1H3. The first kappa shape index (κ1) is 15.8. The first-order valence-electron chi connectivity index (χ1n) is 7.08. The van der Waals surface area contributed by atoms with E-state index in [-0.39, 0.29) is 18.5 Å². The van der Waals surface area contributed by atoms with Crippen LogP contribution >= 0.6 is 0 Å². The summed E-state index contributed by atoms with van der Waals surface area (Å²) in [5.74, 6) is -0.355. The second-order valence-corrected chi connectivity index (χ2v) is 7.93. The zero-order chi connectivity index (χ0) is 15.5. The highest BCUT2D eigenvalue weighted by molar-refractivity contribution is 7.91. The fraction of sp³-hybridized carbons (Fsp3) is 0.533. The highest BCUT2D eigenvalue weighted by atomic mass is 32.2. The van der Waals surface area contributed by atoms with E-state index in [4.69, 9.17) is 10.5 Å². The van der Waals surface area contributed by atoms with Gasteiger partial charge in [0.25, 0.3) is 0 Å². The van der Waals surface area contributed by atoms with Crippen LogP contribution in [0.4, 0.5) is 5.69 Å². The summed E-state index contributed by atoms with van der Waals surface area (Å²) in [5, 5.41) is -0.397. The summed E-state index contributed by atoms with van der Waals surface area (Å²) in [6.45, 7) is 0. The van der Waals surface area contributed by atoms with Crippen LogP contribution in [-0.4, -0.2) is 32.0 Å². The number of carbonyl (C=O) groups is 1. The molecule has 0 spiro atoms. The van der Waals surface area contributed by atoms with E-state index in [1.165, 1.54) is 6.26 Å². The SMILES string of the molecule is CS(=O)(=O)C1CCCC(OC(=O)Cc2ccccc2N)C1. The third-order valence-electron chi connectivity index (χ3n) is 3.87. The highest BCUT2D eigenvalue weighted by Crippen LogP contribution is 2.26. The molecule has 1 aliphatic carbocycles. The Morgan fingerprint density at radius 3 is 2.71 bits per heavy atom. The highest BCUT2D eigenvalue weighted by Gasteiger charge is 2.30. The van der Waals surface area contributed by atoms with Gasteiger partial charge in [-0.25, -0.2) is 8.42 Å². The lowest BCUT2D eigenvalue weighted by Crippen LogP contribution is -2.33. The van der Waals surface area contributed by atoms with E-state index in [2.05, 4.69) is 0 Å². The van der Waals surface area contributed by atoms with Crippen LogP contribution in [0.3, 0.4) is 0 Å². The lowest BCUT2D eigenvalue weighted by Gasteiger charge is -2.27. The number of hydrogen-bond acceptors (Lipinski definition) is 5. The third kappa shape index (κ3) is 4.46. The number of carbonyl (C=O) groups excluding carboxylic acids is 1. The van der Waals surface area contributed by atoms with Crippen LogP contribution in [0, 0.1) is 0 Å². The Bertz CT molecular complexity index is 612. The molecule has 2 unspecified atom stereocenters. The molecule has 0 saturated heterocycles. The van der Waals surface area contributed by atoms with Crippen molar-refractivity contribution in [1.82, 2.24) is 0 Å². The zero-order valence-corrected chi connectivity index (χ0v) is 12.9. The summed E-state index contributed by atoms with van der Waals surface area (Å²) < 4.78 is 28.6. The van der Waals surface area contributed by atoms with Crippen molar-refractivity contribution in [1.29, 1.82) is 0 Å². The predicted octanol–water partition coefficient (Wildman–Crippen LogP) is 1.71. The summed E-state index contributed by atoms with van der Waals surface area (Å²) in [6, 6.07) is 7.15. The summed E-state index contributed by atoms with van der Waals surface area (Å²) in [6.07, 6.45) is 3.59. The van der Waals surface area contributed by atoms with E-state index in [0.29, 0.717) is 18.5 Å². The molecule has 6 heteroatoms. The number of ether oxygens (including phenoxy) is 1. The molecule has 0 aromatic heterocycles. The molecule has 0 amide bonds. The van der Waals surface area contributed by atoms with Gasteiger partial charge in [-0.3, -0.25) is 4.79 Å². The lowest BCUT2D eigenvalue weighted by molar-refractivity contribution is -0.149. The van der Waals surface area contributed by atoms with Crippen molar-refractivity contribution in [2.75, 3.05) is 12.0 Å². The Morgan fingerprint density at radius 2 is 2.05 bits per heavy atom. The minimum atomic E-state index is -3.07. The molecule has 0 heterocycles. The van der Waals surface area contributed by atoms with Gasteiger partial charge in [-0.1, -0.05) is 18.2 Å². The van der Waals surface area contributed by atoms with Gasteiger partial charge in [-0.05, 0) is 30.9 Å². The van der Waals surface area contributed by atoms with E-state index in [1.54, 1.807) is 12.1 Å². The summed E-state index contributed by atoms with van der Waals surface area (Å²) in [4.78, 5) is 12.0. The molecule has 1 saturated carbocycles. The van der Waals surface area contributed by atoms with E-state index < -0.39 is 15.1 Å². The van der Waals surface area contributed by atoms with Crippen LogP contribution in [0.1, 0.15) is 31.2 Å². The Morgan fingerprint density at radius 1 is 1.33 bits per heavy atom. The number of para-hydroxylation sites is 1. The molecule has 21 heavy (non-hydrogen) atoms. The second-order valence-electron chi connectivity index (χ2n) is 5.61. The molecule has 2 atom stereocenters. The van der Waals surface area contributed by atoms with Crippen molar-refractivity contribution in [2.45, 2.75) is 43.5 Å². The van der Waals surface area contributed by atoms with Gasteiger partial charge in [0.05, 0.1) is 11.7 Å².